The molecule has 1 heterocycles. The molecule has 2 fully saturated rings. The van der Waals surface area contributed by atoms with Crippen LogP contribution in [0, 0.1) is 25.7 Å². The third kappa shape index (κ3) is 2.25. The Morgan fingerprint density at radius 3 is 2.62 bits per heavy atom. The van der Waals surface area contributed by atoms with Crippen molar-refractivity contribution < 1.29 is 13.5 Å². The predicted molar refractivity (Wildman–Crippen MR) is 81.3 cm³/mol. The predicted octanol–water partition coefficient (Wildman–Crippen LogP) is 1.28. The summed E-state index contributed by atoms with van der Waals surface area (Å²) in [5, 5.41) is 9.96. The first-order chi connectivity index (χ1) is 9.82. The molecule has 3 unspecified atom stereocenters. The number of hydrogen-bond acceptors (Lipinski definition) is 4. The number of hydrogen-bond donors (Lipinski definition) is 2. The molecule has 0 amide bonds. The average molecular weight is 310 g/mol. The van der Waals surface area contributed by atoms with Crippen LogP contribution in [-0.2, 0) is 10.0 Å². The highest BCUT2D eigenvalue weighted by Crippen LogP contribution is 2.41. The van der Waals surface area contributed by atoms with Gasteiger partial charge < -0.3 is 10.8 Å². The molecule has 3 N–H and O–H groups in total. The summed E-state index contributed by atoms with van der Waals surface area (Å²) in [4.78, 5) is 0.233. The van der Waals surface area contributed by atoms with Crippen LogP contribution in [0.3, 0.4) is 0 Å². The summed E-state index contributed by atoms with van der Waals surface area (Å²) >= 11 is 0. The molecule has 1 saturated carbocycles. The zero-order valence-electron chi connectivity index (χ0n) is 12.4. The molecule has 1 aromatic rings. The van der Waals surface area contributed by atoms with Crippen molar-refractivity contribution in [2.75, 3.05) is 18.8 Å². The topological polar surface area (TPSA) is 83.6 Å². The molecular formula is C15H22N2O3S. The first-order valence-electron chi connectivity index (χ1n) is 7.36. The molecule has 1 aliphatic carbocycles. The molecule has 0 radical (unpaired) electrons. The SMILES string of the molecule is Cc1ccc(N)c(S(=O)(=O)N2CC3CCC(O)C3C2)c1C. The Bertz CT molecular complexity index is 672. The zero-order chi connectivity index (χ0) is 15.4. The van der Waals surface area contributed by atoms with Gasteiger partial charge in [0, 0.05) is 19.0 Å². The number of aliphatic hydroxyl groups excluding tert-OH is 1. The van der Waals surface area contributed by atoms with E-state index in [2.05, 4.69) is 0 Å². The average Bonchev–Trinajstić information content (AvgIpc) is 2.97. The molecule has 0 aromatic heterocycles. The molecule has 0 bridgehead atoms. The van der Waals surface area contributed by atoms with E-state index in [4.69, 9.17) is 5.73 Å². The summed E-state index contributed by atoms with van der Waals surface area (Å²) in [5.41, 5.74) is 7.87. The quantitative estimate of drug-likeness (QED) is 0.806. The summed E-state index contributed by atoms with van der Waals surface area (Å²) in [6.45, 7) is 4.58. The van der Waals surface area contributed by atoms with Crippen molar-refractivity contribution in [3.05, 3.63) is 23.3 Å². The van der Waals surface area contributed by atoms with Crippen molar-refractivity contribution in [3.8, 4) is 0 Å². The van der Waals surface area contributed by atoms with Gasteiger partial charge in [0.2, 0.25) is 10.0 Å². The van der Waals surface area contributed by atoms with Gasteiger partial charge in [-0.1, -0.05) is 6.07 Å². The van der Waals surface area contributed by atoms with Crippen LogP contribution < -0.4 is 5.73 Å². The fourth-order valence-corrected chi connectivity index (χ4v) is 5.60. The smallest absolute Gasteiger partial charge is 0.245 e. The van der Waals surface area contributed by atoms with Gasteiger partial charge in [-0.25, -0.2) is 8.42 Å². The minimum absolute atomic E-state index is 0.0751. The fraction of sp³-hybridized carbons (Fsp3) is 0.600. The van der Waals surface area contributed by atoms with E-state index in [1.54, 1.807) is 13.0 Å². The third-order valence-electron chi connectivity index (χ3n) is 5.09. The van der Waals surface area contributed by atoms with E-state index in [1.807, 2.05) is 13.0 Å². The monoisotopic (exact) mass is 310 g/mol. The van der Waals surface area contributed by atoms with Gasteiger partial charge in [0.1, 0.15) is 4.90 Å². The third-order valence-corrected chi connectivity index (χ3v) is 7.13. The summed E-state index contributed by atoms with van der Waals surface area (Å²) in [7, 11) is -3.59. The standard InChI is InChI=1S/C15H22N2O3S/c1-9-3-5-13(16)15(10(9)2)21(19,20)17-7-11-4-6-14(18)12(11)8-17/h3,5,11-12,14,18H,4,6-8,16H2,1-2H3. The van der Waals surface area contributed by atoms with E-state index in [0.29, 0.717) is 24.3 Å². The maximum atomic E-state index is 12.9. The highest BCUT2D eigenvalue weighted by atomic mass is 32.2. The van der Waals surface area contributed by atoms with Gasteiger partial charge in [0.05, 0.1) is 11.8 Å². The highest BCUT2D eigenvalue weighted by molar-refractivity contribution is 7.89. The Labute approximate surface area is 125 Å². The normalized spacial score (nSPS) is 29.8. The van der Waals surface area contributed by atoms with Crippen LogP contribution in [-0.4, -0.2) is 37.0 Å². The molecule has 1 saturated heterocycles. The van der Waals surface area contributed by atoms with Gasteiger partial charge in [0.15, 0.2) is 0 Å². The van der Waals surface area contributed by atoms with Gasteiger partial charge in [-0.3, -0.25) is 0 Å². The number of rotatable bonds is 2. The molecule has 3 atom stereocenters. The molecule has 21 heavy (non-hydrogen) atoms. The van der Waals surface area contributed by atoms with Gasteiger partial charge in [0.25, 0.3) is 0 Å². The fourth-order valence-electron chi connectivity index (χ4n) is 3.67. The van der Waals surface area contributed by atoms with Crippen molar-refractivity contribution in [1.29, 1.82) is 0 Å². The number of sulfonamides is 1. The van der Waals surface area contributed by atoms with E-state index in [1.165, 1.54) is 4.31 Å². The van der Waals surface area contributed by atoms with Crippen LogP contribution in [0.4, 0.5) is 5.69 Å². The van der Waals surface area contributed by atoms with Crippen LogP contribution in [0.5, 0.6) is 0 Å². The molecule has 0 spiro atoms. The Morgan fingerprint density at radius 2 is 1.95 bits per heavy atom. The van der Waals surface area contributed by atoms with E-state index in [0.717, 1.165) is 18.4 Å². The van der Waals surface area contributed by atoms with Crippen molar-refractivity contribution in [1.82, 2.24) is 4.31 Å². The van der Waals surface area contributed by atoms with Crippen molar-refractivity contribution >= 4 is 15.7 Å². The second-order valence-corrected chi connectivity index (χ2v) is 8.19. The molecule has 3 rings (SSSR count). The van der Waals surface area contributed by atoms with Crippen molar-refractivity contribution in [2.24, 2.45) is 11.8 Å². The molecule has 116 valence electrons. The number of fused-ring (bicyclic) bond motifs is 1. The van der Waals surface area contributed by atoms with E-state index >= 15 is 0 Å². The van der Waals surface area contributed by atoms with E-state index in [-0.39, 0.29) is 22.8 Å². The summed E-state index contributed by atoms with van der Waals surface area (Å²) in [6.07, 6.45) is 1.32. The second kappa shape index (κ2) is 4.97. The largest absolute Gasteiger partial charge is 0.398 e. The van der Waals surface area contributed by atoms with Gasteiger partial charge in [-0.05, 0) is 49.8 Å². The first-order valence-corrected chi connectivity index (χ1v) is 8.80. The van der Waals surface area contributed by atoms with E-state index < -0.39 is 10.0 Å². The molecule has 1 aromatic carbocycles. The molecule has 2 aliphatic rings. The van der Waals surface area contributed by atoms with E-state index in [9.17, 15) is 13.5 Å². The number of nitrogens with zero attached hydrogens (tertiary/aromatic N) is 1. The highest BCUT2D eigenvalue weighted by Gasteiger charge is 2.46. The van der Waals surface area contributed by atoms with Crippen LogP contribution in [0.1, 0.15) is 24.0 Å². The zero-order valence-corrected chi connectivity index (χ0v) is 13.2. The minimum atomic E-state index is -3.59. The summed E-state index contributed by atoms with van der Waals surface area (Å²) < 4.78 is 27.4. The van der Waals surface area contributed by atoms with Crippen molar-refractivity contribution in [3.63, 3.8) is 0 Å². The van der Waals surface area contributed by atoms with Gasteiger partial charge in [-0.15, -0.1) is 0 Å². The second-order valence-electron chi connectivity index (χ2n) is 6.32. The maximum absolute atomic E-state index is 12.9. The number of aliphatic hydroxyl groups is 1. The van der Waals surface area contributed by atoms with Gasteiger partial charge in [-0.2, -0.15) is 4.31 Å². The molecular weight excluding hydrogens is 288 g/mol. The van der Waals surface area contributed by atoms with Gasteiger partial charge >= 0.3 is 0 Å². The Morgan fingerprint density at radius 1 is 1.24 bits per heavy atom. The summed E-state index contributed by atoms with van der Waals surface area (Å²) in [5.74, 6) is 0.354. The van der Waals surface area contributed by atoms with Crippen molar-refractivity contribution in [2.45, 2.75) is 37.7 Å². The van der Waals surface area contributed by atoms with Crippen LogP contribution in [0.25, 0.3) is 0 Å². The Hall–Kier alpha value is -1.11. The number of nitrogen functional groups attached to an aromatic ring is 1. The molecule has 1 aliphatic heterocycles. The molecule has 6 heteroatoms. The summed E-state index contributed by atoms with van der Waals surface area (Å²) in [6, 6.07) is 3.49. The lowest BCUT2D eigenvalue weighted by molar-refractivity contribution is 0.129. The molecule has 5 nitrogen and oxygen atoms in total. The minimum Gasteiger partial charge on any atom is -0.398 e. The maximum Gasteiger partial charge on any atom is 0.245 e. The Balaban J connectivity index is 1.98. The lowest BCUT2D eigenvalue weighted by atomic mass is 10.00. The first kappa shape index (κ1) is 14.8. The lowest BCUT2D eigenvalue weighted by Gasteiger charge is -2.21. The van der Waals surface area contributed by atoms with Crippen LogP contribution in [0.2, 0.25) is 0 Å². The van der Waals surface area contributed by atoms with Crippen LogP contribution >= 0.6 is 0 Å². The number of benzene rings is 1. The Kier molecular flexibility index (Phi) is 3.50. The lowest BCUT2D eigenvalue weighted by Crippen LogP contribution is -2.32. The number of nitrogens with two attached hydrogens (primary N) is 1. The van der Waals surface area contributed by atoms with Crippen LogP contribution in [0.15, 0.2) is 17.0 Å². The number of aryl methyl sites for hydroxylation is 1. The number of anilines is 1.